The number of methoxy groups -OCH3 is 1. The molecule has 1 N–H and O–H groups in total. The first-order valence-electron chi connectivity index (χ1n) is 8.23. The monoisotopic (exact) mass is 367 g/mol. The van der Waals surface area contributed by atoms with Crippen LogP contribution in [0.1, 0.15) is 12.5 Å². The number of nitrogens with one attached hydrogen (secondary N) is 1. The average Bonchev–Trinajstić information content (AvgIpc) is 3.11. The number of thiazole rings is 1. The molecule has 26 heavy (non-hydrogen) atoms. The Kier molecular flexibility index (Phi) is 5.53. The Labute approximate surface area is 157 Å². The summed E-state index contributed by atoms with van der Waals surface area (Å²) in [7, 11) is 3.45. The van der Waals surface area contributed by atoms with Crippen LogP contribution in [0.3, 0.4) is 0 Å². The van der Waals surface area contributed by atoms with Gasteiger partial charge in [0.25, 0.3) is 0 Å². The van der Waals surface area contributed by atoms with E-state index in [2.05, 4.69) is 10.3 Å². The molecular formula is C20H21N3O2S. The van der Waals surface area contributed by atoms with E-state index in [1.165, 1.54) is 0 Å². The highest BCUT2D eigenvalue weighted by Gasteiger charge is 2.07. The molecule has 0 unspecified atom stereocenters. The number of rotatable bonds is 6. The molecule has 1 heterocycles. The predicted molar refractivity (Wildman–Crippen MR) is 106 cm³/mol. The topological polar surface area (TPSA) is 54.5 Å². The van der Waals surface area contributed by atoms with Crippen molar-refractivity contribution in [3.8, 4) is 17.0 Å². The zero-order chi connectivity index (χ0) is 18.5. The summed E-state index contributed by atoms with van der Waals surface area (Å²) in [5.74, 6) is 0.861. The minimum Gasteiger partial charge on any atom is -0.497 e. The minimum absolute atomic E-state index is 0.0573. The molecule has 1 aromatic heterocycles. The summed E-state index contributed by atoms with van der Waals surface area (Å²) >= 11 is 1.56. The van der Waals surface area contributed by atoms with E-state index in [0.717, 1.165) is 33.4 Å². The molecule has 5 nitrogen and oxygen atoms in total. The van der Waals surface area contributed by atoms with E-state index in [0.29, 0.717) is 6.54 Å². The second kappa shape index (κ2) is 8.01. The molecule has 0 radical (unpaired) electrons. The molecular weight excluding hydrogens is 346 g/mol. The van der Waals surface area contributed by atoms with E-state index in [1.807, 2.05) is 53.9 Å². The first kappa shape index (κ1) is 17.9. The van der Waals surface area contributed by atoms with Crippen molar-refractivity contribution in [1.29, 1.82) is 0 Å². The van der Waals surface area contributed by atoms with E-state index in [1.54, 1.807) is 37.3 Å². The lowest BCUT2D eigenvalue weighted by Crippen LogP contribution is -2.22. The van der Waals surface area contributed by atoms with Crippen LogP contribution in [0.15, 0.2) is 53.9 Å². The number of benzene rings is 2. The van der Waals surface area contributed by atoms with Gasteiger partial charge in [-0.15, -0.1) is 11.3 Å². The molecule has 2 aromatic carbocycles. The van der Waals surface area contributed by atoms with Gasteiger partial charge in [-0.1, -0.05) is 30.3 Å². The van der Waals surface area contributed by atoms with Crippen LogP contribution in [0.5, 0.6) is 5.75 Å². The Morgan fingerprint density at radius 2 is 2.00 bits per heavy atom. The van der Waals surface area contributed by atoms with Crippen LogP contribution in [0, 0.1) is 0 Å². The Bertz CT molecular complexity index is 890. The number of nitrogens with zero attached hydrogens (tertiary/aromatic N) is 2. The Balaban J connectivity index is 1.70. The summed E-state index contributed by atoms with van der Waals surface area (Å²) in [6.07, 6.45) is 0. The third-order valence-electron chi connectivity index (χ3n) is 4.03. The van der Waals surface area contributed by atoms with Crippen LogP contribution in [0.4, 0.5) is 10.8 Å². The molecule has 134 valence electrons. The Hall–Kier alpha value is -2.86. The van der Waals surface area contributed by atoms with Crippen LogP contribution >= 0.6 is 11.3 Å². The van der Waals surface area contributed by atoms with Crippen molar-refractivity contribution in [3.63, 3.8) is 0 Å². The fourth-order valence-corrected chi connectivity index (χ4v) is 3.19. The van der Waals surface area contributed by atoms with Gasteiger partial charge in [0.05, 0.1) is 12.8 Å². The third-order valence-corrected chi connectivity index (χ3v) is 4.79. The lowest BCUT2D eigenvalue weighted by molar-refractivity contribution is -0.128. The zero-order valence-corrected chi connectivity index (χ0v) is 15.8. The van der Waals surface area contributed by atoms with Crippen LogP contribution in [0.25, 0.3) is 11.3 Å². The highest BCUT2D eigenvalue weighted by molar-refractivity contribution is 7.14. The van der Waals surface area contributed by atoms with Gasteiger partial charge in [0, 0.05) is 43.2 Å². The van der Waals surface area contributed by atoms with Gasteiger partial charge in [-0.05, 0) is 17.7 Å². The third kappa shape index (κ3) is 4.40. The molecule has 1 amide bonds. The Morgan fingerprint density at radius 1 is 1.23 bits per heavy atom. The maximum atomic E-state index is 11.3. The number of hydrogen-bond acceptors (Lipinski definition) is 5. The summed E-state index contributed by atoms with van der Waals surface area (Å²) < 4.78 is 5.24. The lowest BCUT2D eigenvalue weighted by Gasteiger charge is -2.14. The van der Waals surface area contributed by atoms with Crippen LogP contribution in [-0.2, 0) is 11.3 Å². The summed E-state index contributed by atoms with van der Waals surface area (Å²) in [5, 5.41) is 6.16. The molecule has 0 atom stereocenters. The number of hydrogen-bond donors (Lipinski definition) is 1. The molecule has 0 aliphatic carbocycles. The van der Waals surface area contributed by atoms with Crippen molar-refractivity contribution in [2.75, 3.05) is 19.5 Å². The fourth-order valence-electron chi connectivity index (χ4n) is 2.45. The SMILES string of the molecule is COc1cccc(Nc2nc(-c3ccc(CN(C)C(C)=O)cc3)cs2)c1. The molecule has 3 aromatic rings. The van der Waals surface area contributed by atoms with Crippen molar-refractivity contribution in [2.24, 2.45) is 0 Å². The van der Waals surface area contributed by atoms with Gasteiger partial charge in [0.15, 0.2) is 5.13 Å². The standard InChI is InChI=1S/C20H21N3O2S/c1-14(24)23(2)12-15-7-9-16(10-8-15)19-13-26-20(22-19)21-17-5-4-6-18(11-17)25-3/h4-11,13H,12H2,1-3H3,(H,21,22). The molecule has 0 saturated heterocycles. The molecule has 3 rings (SSSR count). The van der Waals surface area contributed by atoms with Crippen molar-refractivity contribution in [2.45, 2.75) is 13.5 Å². The summed E-state index contributed by atoms with van der Waals surface area (Å²) in [6.45, 7) is 2.18. The van der Waals surface area contributed by atoms with Gasteiger partial charge >= 0.3 is 0 Å². The van der Waals surface area contributed by atoms with Crippen LogP contribution < -0.4 is 10.1 Å². The maximum absolute atomic E-state index is 11.3. The maximum Gasteiger partial charge on any atom is 0.219 e. The normalized spacial score (nSPS) is 10.4. The number of amides is 1. The molecule has 0 fully saturated rings. The van der Waals surface area contributed by atoms with Gasteiger partial charge in [0.2, 0.25) is 5.91 Å². The van der Waals surface area contributed by atoms with Gasteiger partial charge in [-0.25, -0.2) is 4.98 Å². The number of carbonyl (C=O) groups is 1. The molecule has 0 bridgehead atoms. The quantitative estimate of drug-likeness (QED) is 0.695. The highest BCUT2D eigenvalue weighted by atomic mass is 32.1. The van der Waals surface area contributed by atoms with Gasteiger partial charge < -0.3 is 15.0 Å². The number of carbonyl (C=O) groups excluding carboxylic acids is 1. The highest BCUT2D eigenvalue weighted by Crippen LogP contribution is 2.28. The van der Waals surface area contributed by atoms with E-state index in [9.17, 15) is 4.79 Å². The van der Waals surface area contributed by atoms with Crippen LogP contribution in [-0.4, -0.2) is 29.9 Å². The second-order valence-corrected chi connectivity index (χ2v) is 6.82. The van der Waals surface area contributed by atoms with Crippen molar-refractivity contribution in [3.05, 3.63) is 59.5 Å². The van der Waals surface area contributed by atoms with Crippen molar-refractivity contribution < 1.29 is 9.53 Å². The second-order valence-electron chi connectivity index (χ2n) is 5.97. The van der Waals surface area contributed by atoms with E-state index >= 15 is 0 Å². The Morgan fingerprint density at radius 3 is 2.69 bits per heavy atom. The largest absolute Gasteiger partial charge is 0.497 e. The van der Waals surface area contributed by atoms with Gasteiger partial charge in [0.1, 0.15) is 5.75 Å². The zero-order valence-electron chi connectivity index (χ0n) is 15.0. The molecule has 6 heteroatoms. The molecule has 0 aliphatic rings. The van der Waals surface area contributed by atoms with Crippen molar-refractivity contribution >= 4 is 28.1 Å². The molecule has 0 spiro atoms. The number of ether oxygens (including phenoxy) is 1. The first-order chi connectivity index (χ1) is 12.5. The van der Waals surface area contributed by atoms with E-state index in [4.69, 9.17) is 4.74 Å². The summed E-state index contributed by atoms with van der Waals surface area (Å²) in [4.78, 5) is 17.7. The van der Waals surface area contributed by atoms with Crippen LogP contribution in [0.2, 0.25) is 0 Å². The van der Waals surface area contributed by atoms with E-state index < -0.39 is 0 Å². The summed E-state index contributed by atoms with van der Waals surface area (Å²) in [5.41, 5.74) is 4.00. The predicted octanol–water partition coefficient (Wildman–Crippen LogP) is 4.54. The molecule has 0 aliphatic heterocycles. The summed E-state index contributed by atoms with van der Waals surface area (Å²) in [6, 6.07) is 15.9. The first-order valence-corrected chi connectivity index (χ1v) is 9.11. The smallest absolute Gasteiger partial charge is 0.219 e. The number of anilines is 2. The number of aromatic nitrogens is 1. The lowest BCUT2D eigenvalue weighted by atomic mass is 10.1. The van der Waals surface area contributed by atoms with E-state index in [-0.39, 0.29) is 5.91 Å². The average molecular weight is 367 g/mol. The minimum atomic E-state index is 0.0573. The van der Waals surface area contributed by atoms with Gasteiger partial charge in [-0.2, -0.15) is 0 Å². The molecule has 0 saturated carbocycles. The van der Waals surface area contributed by atoms with Gasteiger partial charge in [-0.3, -0.25) is 4.79 Å². The fraction of sp³-hybridized carbons (Fsp3) is 0.200. The van der Waals surface area contributed by atoms with Crippen molar-refractivity contribution in [1.82, 2.24) is 9.88 Å².